The number of hydrogen-bond acceptors (Lipinski definition) is 23. The van der Waals surface area contributed by atoms with E-state index in [9.17, 15) is 189 Å². The molecule has 0 saturated carbocycles. The second-order valence-electron chi connectivity index (χ2n) is 17.1. The minimum Gasteiger partial charge on any atom is -0.287 e. The molecule has 0 radical (unpaired) electrons. The molecule has 0 N–H and O–H groups in total. The Morgan fingerprint density at radius 1 is 0.495 bits per heavy atom. The van der Waals surface area contributed by atoms with Crippen molar-refractivity contribution in [2.75, 3.05) is 19.2 Å². The van der Waals surface area contributed by atoms with Gasteiger partial charge >= 0.3 is 154 Å². The first-order valence-electron chi connectivity index (χ1n) is 20.8. The molecule has 0 aromatic heterocycles. The van der Waals surface area contributed by atoms with E-state index in [1.54, 1.807) is 0 Å². The minimum atomic E-state index is -5.97. The van der Waals surface area contributed by atoms with Crippen LogP contribution in [0.3, 0.4) is 0 Å². The Balaban J connectivity index is 0.000000547. The first-order valence-corrected chi connectivity index (χ1v) is 33.5. The highest BCUT2D eigenvalue weighted by Gasteiger charge is 2.83. The lowest BCUT2D eigenvalue weighted by atomic mass is 10.1. The van der Waals surface area contributed by atoms with E-state index in [1.807, 2.05) is 0 Å². The number of hydrogen-bond donors (Lipinski definition) is 0. The van der Waals surface area contributed by atoms with E-state index in [2.05, 4.69) is 36.4 Å². The van der Waals surface area contributed by atoms with Gasteiger partial charge in [0.25, 0.3) is 0 Å². The smallest absolute Gasteiger partial charge is 0.287 e. The molecule has 62 heteroatoms. The van der Waals surface area contributed by atoms with Crippen molar-refractivity contribution in [3.05, 3.63) is 12.4 Å². The second-order valence-corrected chi connectivity index (χ2v) is 31.9. The minimum absolute atomic E-state index is 0.334. The summed E-state index contributed by atoms with van der Waals surface area (Å²) in [5.74, 6) is -1.83. The molecule has 91 heavy (non-hydrogen) atoms. The van der Waals surface area contributed by atoms with Gasteiger partial charge in [-0.2, -0.15) is 145 Å². The number of allylic oxidation sites excluding steroid dienone is 1. The van der Waals surface area contributed by atoms with Crippen molar-refractivity contribution in [3.8, 4) is 0 Å². The molecule has 6 aliphatic heterocycles. The predicted molar refractivity (Wildman–Crippen MR) is 233 cm³/mol. The first-order chi connectivity index (χ1) is 39.3. The topological polar surface area (TPSA) is 338 Å². The SMILES string of the molecule is C=C(F)CC1(F)C(F)(F)OS1(=O)=O.O=S(=O)(F)C(F)CC1(F)C(F)(F)OS1(=O)=O.O=S(=O)(F)C(F)CCC1(F)C(F)(F)OS1(=O)=O.O=S1(=O)OC(F)(F)C1(F)CC(Cl)CCl.O=S1(=O)OC(F)(F)C1(F)CC(F)(Cl)CCF.O=S1(=O)OC(F)(F)C1(F)COC(F)(F)F. The highest BCUT2D eigenvalue weighted by Crippen LogP contribution is 2.58. The van der Waals surface area contributed by atoms with Crippen LogP contribution in [0.4, 0.5) is 122 Å². The van der Waals surface area contributed by atoms with E-state index in [1.165, 1.54) is 0 Å². The van der Waals surface area contributed by atoms with Crippen LogP contribution in [0.1, 0.15) is 44.9 Å². The highest BCUT2D eigenvalue weighted by atomic mass is 35.5. The van der Waals surface area contributed by atoms with Gasteiger partial charge in [-0.05, 0) is 0 Å². The molecule has 6 saturated heterocycles. The van der Waals surface area contributed by atoms with Crippen LogP contribution in [0, 0.1) is 0 Å². The van der Waals surface area contributed by atoms with Crippen molar-refractivity contribution in [1.29, 1.82) is 0 Å². The summed E-state index contributed by atoms with van der Waals surface area (Å²) in [5, 5.41) is -29.8. The van der Waals surface area contributed by atoms with Gasteiger partial charge in [0.2, 0.25) is 11.0 Å². The molecule has 10 unspecified atom stereocenters. The molecular weight excluding hydrogens is 1610 g/mol. The van der Waals surface area contributed by atoms with Crippen LogP contribution < -0.4 is 0 Å². The van der Waals surface area contributed by atoms with Crippen LogP contribution in [-0.2, 0) is 111 Å². The van der Waals surface area contributed by atoms with Gasteiger partial charge in [-0.3, -0.25) is 9.13 Å². The van der Waals surface area contributed by atoms with Crippen molar-refractivity contribution >= 4 is 116 Å². The zero-order valence-corrected chi connectivity index (χ0v) is 50.2. The third kappa shape index (κ3) is 17.3. The fourth-order valence-electron chi connectivity index (χ4n) is 5.58. The summed E-state index contributed by atoms with van der Waals surface area (Å²) in [6.07, 6.45) is -44.9. The molecule has 544 valence electrons. The third-order valence-corrected chi connectivity index (χ3v) is 22.9. The van der Waals surface area contributed by atoms with Gasteiger partial charge in [0.1, 0.15) is 6.61 Å². The lowest BCUT2D eigenvalue weighted by Crippen LogP contribution is -2.66. The Kier molecular flexibility index (Phi) is 25.2. The van der Waals surface area contributed by atoms with E-state index in [0.29, 0.717) is 0 Å². The Morgan fingerprint density at radius 2 is 0.780 bits per heavy atom. The van der Waals surface area contributed by atoms with Crippen LogP contribution >= 0.6 is 34.8 Å². The van der Waals surface area contributed by atoms with Crippen LogP contribution in [0.15, 0.2) is 12.4 Å². The van der Waals surface area contributed by atoms with E-state index in [4.69, 9.17) is 34.8 Å². The standard InChI is InChI=1S/C6H6ClF5O3S.C5H5Cl2F3O3S.C5H5F5O5S2.C5H4F4O3S.C4H2F6O4S.C4H3F5O5S2/c7-4(9,1-2-8)3-5(10)6(11,12)15-16(5,13)14;6-2-3(7)1-4(8)5(9,10)13-14(4,11)12;6-3(16(10,11)12)1-2-4(7)5(8,9)15-17(4,13)14;1-3(6)2-4(7)5(8,9)12-13(4,10)11;5-2(1-13-4(8,9)10)3(6,7)14-15(2,11)12;5-2(15(9,10)11)1-3(6)4(7,8)14-16(3,12)13/h1-3H2;3H,1-2H2;3H,1-2H2;1-2H2;1H2;2H,1H2. The molecule has 6 heterocycles. The maximum absolute atomic E-state index is 13.4. The molecule has 6 rings (SSSR count). The van der Waals surface area contributed by atoms with Gasteiger partial charge in [0, 0.05) is 31.6 Å². The van der Waals surface area contributed by atoms with E-state index < -0.39 is 240 Å². The largest absolute Gasteiger partial charge is 0.522 e. The van der Waals surface area contributed by atoms with Gasteiger partial charge in [-0.1, -0.05) is 18.2 Å². The van der Waals surface area contributed by atoms with Gasteiger partial charge in [-0.15, -0.1) is 44.1 Å². The zero-order chi connectivity index (χ0) is 73.3. The molecule has 0 aliphatic carbocycles. The Hall–Kier alpha value is -2.03. The molecule has 0 aromatic carbocycles. The molecular formula is C29H25Cl3F28O23S8. The van der Waals surface area contributed by atoms with Crippen molar-refractivity contribution in [3.63, 3.8) is 0 Å². The van der Waals surface area contributed by atoms with Gasteiger partial charge in [-0.25, -0.2) is 43.9 Å². The Labute approximate surface area is 503 Å². The van der Waals surface area contributed by atoms with Crippen molar-refractivity contribution < 1.29 is 219 Å². The van der Waals surface area contributed by atoms with Gasteiger partial charge < -0.3 is 0 Å². The van der Waals surface area contributed by atoms with E-state index in [0.717, 1.165) is 0 Å². The summed E-state index contributed by atoms with van der Waals surface area (Å²) in [5.41, 5.74) is -7.00. The maximum Gasteiger partial charge on any atom is 0.522 e. The van der Waals surface area contributed by atoms with Crippen molar-refractivity contribution in [1.82, 2.24) is 0 Å². The highest BCUT2D eigenvalue weighted by molar-refractivity contribution is 7.91. The average molecular weight is 1640 g/mol. The van der Waals surface area contributed by atoms with Crippen LogP contribution in [0.5, 0.6) is 0 Å². The van der Waals surface area contributed by atoms with E-state index >= 15 is 0 Å². The zero-order valence-electron chi connectivity index (χ0n) is 41.4. The quantitative estimate of drug-likeness (QED) is 0.0539. The van der Waals surface area contributed by atoms with E-state index in [-0.39, 0.29) is 5.88 Å². The van der Waals surface area contributed by atoms with Crippen LogP contribution in [0.25, 0.3) is 0 Å². The monoisotopic (exact) mass is 1630 g/mol. The van der Waals surface area contributed by atoms with Crippen LogP contribution in [-0.4, -0.2) is 181 Å². The molecule has 6 aliphatic rings. The summed E-state index contributed by atoms with van der Waals surface area (Å²) in [6.45, 7) is -1.23. The molecule has 0 spiro atoms. The normalized spacial score (nSPS) is 34.4. The summed E-state index contributed by atoms with van der Waals surface area (Å²) in [4.78, 5) is 0. The number of rotatable bonds is 18. The van der Waals surface area contributed by atoms with Gasteiger partial charge in [0.15, 0.2) is 5.13 Å². The number of ether oxygens (including phenoxy) is 1. The summed E-state index contributed by atoms with van der Waals surface area (Å²) < 4.78 is 534. The summed E-state index contributed by atoms with van der Waals surface area (Å²) in [6, 6.07) is 0. The van der Waals surface area contributed by atoms with Crippen LogP contribution in [0.2, 0.25) is 0 Å². The third-order valence-electron chi connectivity index (χ3n) is 10.4. The first kappa shape index (κ1) is 87.0. The van der Waals surface area contributed by atoms with Crippen molar-refractivity contribution in [2.45, 2.75) is 139 Å². The Bertz CT molecular complexity index is 3660. The lowest BCUT2D eigenvalue weighted by Gasteiger charge is -2.41. The maximum atomic E-state index is 13.4. The predicted octanol–water partition coefficient (Wildman–Crippen LogP) is 8.29. The molecule has 23 nitrogen and oxygen atoms in total. The van der Waals surface area contributed by atoms with Gasteiger partial charge in [0.05, 0.1) is 37.1 Å². The second kappa shape index (κ2) is 26.3. The molecule has 0 aromatic rings. The summed E-state index contributed by atoms with van der Waals surface area (Å²) in [7, 11) is -43.0. The fourth-order valence-corrected chi connectivity index (χ4v) is 13.9. The van der Waals surface area contributed by atoms with Crippen molar-refractivity contribution in [2.24, 2.45) is 0 Å². The molecule has 0 amide bonds. The lowest BCUT2D eigenvalue weighted by molar-refractivity contribution is -0.356. The average Bonchev–Trinajstić information content (AvgIpc) is 0.758. The molecule has 0 bridgehead atoms. The number of alkyl halides is 28. The summed E-state index contributed by atoms with van der Waals surface area (Å²) >= 11 is 15.3. The fraction of sp³-hybridized carbons (Fsp3) is 0.931. The molecule has 10 atom stereocenters. The Morgan fingerprint density at radius 3 is 0.989 bits per heavy atom. The number of halogens is 31. The molecule has 6 fully saturated rings.